The van der Waals surface area contributed by atoms with Crippen LogP contribution < -0.4 is 13.0 Å². The second-order valence-corrected chi connectivity index (χ2v) is 10.7. The summed E-state index contributed by atoms with van der Waals surface area (Å²) >= 11 is 11.5. The van der Waals surface area contributed by atoms with E-state index in [1.807, 2.05) is 0 Å². The number of nitrogens with one attached hydrogen (secondary N) is 2. The van der Waals surface area contributed by atoms with E-state index in [1.54, 1.807) is 18.2 Å². The number of aromatic nitrogens is 1. The molecule has 0 saturated carbocycles. The topological polar surface area (TPSA) is 138 Å². The maximum absolute atomic E-state index is 13.2. The van der Waals surface area contributed by atoms with Gasteiger partial charge in [-0.2, -0.15) is 0 Å². The summed E-state index contributed by atoms with van der Waals surface area (Å²) in [6.45, 7) is 0. The molecule has 0 aliphatic rings. The molecule has 0 spiro atoms. The number of fused-ring (bicyclic) bond motifs is 1. The van der Waals surface area contributed by atoms with Crippen molar-refractivity contribution in [2.75, 3.05) is 5.32 Å². The van der Waals surface area contributed by atoms with E-state index in [-0.39, 0.29) is 33.5 Å². The standard InChI is InChI=1S/C23H17Br2ClN2O7S/c24-34-19-8-12(9-20(35-25)22(19)29)7-18(23(30)31)28-14-3-6-17-16(10-14)21(11-27-17)36(32,33)15-4-1-13(26)2-5-15/h1-6,8-11,18,27-29H,7H2,(H,30,31)/t18-/m1/s1. The van der Waals surface area contributed by atoms with Crippen LogP contribution in [0.1, 0.15) is 5.56 Å². The molecule has 9 nitrogen and oxygen atoms in total. The van der Waals surface area contributed by atoms with E-state index in [0.717, 1.165) is 0 Å². The number of carbonyl (C=O) groups is 1. The van der Waals surface area contributed by atoms with Crippen molar-refractivity contribution in [3.05, 3.63) is 71.4 Å². The van der Waals surface area contributed by atoms with Gasteiger partial charge in [-0.3, -0.25) is 0 Å². The van der Waals surface area contributed by atoms with Crippen molar-refractivity contribution in [3.8, 4) is 17.2 Å². The van der Waals surface area contributed by atoms with Crippen molar-refractivity contribution >= 4 is 76.5 Å². The van der Waals surface area contributed by atoms with Crippen molar-refractivity contribution < 1.29 is 31.1 Å². The van der Waals surface area contributed by atoms with Crippen LogP contribution in [-0.4, -0.2) is 35.6 Å². The summed E-state index contributed by atoms with van der Waals surface area (Å²) < 4.78 is 36.3. The van der Waals surface area contributed by atoms with E-state index in [9.17, 15) is 23.4 Å². The molecule has 0 amide bonds. The third-order valence-corrected chi connectivity index (χ3v) is 8.16. The Balaban J connectivity index is 1.66. The zero-order valence-corrected chi connectivity index (χ0v) is 22.8. The zero-order chi connectivity index (χ0) is 26.0. The predicted molar refractivity (Wildman–Crippen MR) is 141 cm³/mol. The van der Waals surface area contributed by atoms with Crippen molar-refractivity contribution in [1.82, 2.24) is 4.98 Å². The number of H-pyrrole nitrogens is 1. The second-order valence-electron chi connectivity index (χ2n) is 7.70. The summed E-state index contributed by atoms with van der Waals surface area (Å²) in [4.78, 5) is 15.1. The van der Waals surface area contributed by atoms with Crippen molar-refractivity contribution in [2.45, 2.75) is 22.3 Å². The summed E-state index contributed by atoms with van der Waals surface area (Å²) in [5.74, 6) is -1.35. The number of aromatic amines is 1. The summed E-state index contributed by atoms with van der Waals surface area (Å²) in [6.07, 6.45) is 1.39. The van der Waals surface area contributed by atoms with Crippen LogP contribution in [0.4, 0.5) is 5.69 Å². The summed E-state index contributed by atoms with van der Waals surface area (Å²) in [6, 6.07) is 12.5. The Morgan fingerprint density at radius 1 is 1.06 bits per heavy atom. The predicted octanol–water partition coefficient (Wildman–Crippen LogP) is 5.84. The molecule has 36 heavy (non-hydrogen) atoms. The van der Waals surface area contributed by atoms with Gasteiger partial charge in [-0.1, -0.05) is 11.6 Å². The number of aliphatic carboxylic acids is 1. The molecule has 0 bridgehead atoms. The molecule has 4 rings (SSSR count). The first-order valence-corrected chi connectivity index (χ1v) is 13.3. The Hall–Kier alpha value is -2.93. The first-order valence-electron chi connectivity index (χ1n) is 10.2. The number of hydrogen-bond donors (Lipinski definition) is 4. The largest absolute Gasteiger partial charge is 0.502 e. The number of phenols is 1. The highest BCUT2D eigenvalue weighted by Crippen LogP contribution is 2.39. The van der Waals surface area contributed by atoms with Crippen LogP contribution in [0, 0.1) is 0 Å². The molecule has 188 valence electrons. The van der Waals surface area contributed by atoms with Gasteiger partial charge >= 0.3 is 5.97 Å². The van der Waals surface area contributed by atoms with Gasteiger partial charge in [-0.05, 0) is 60.2 Å². The van der Waals surface area contributed by atoms with E-state index in [1.165, 1.54) is 42.6 Å². The molecule has 13 heteroatoms. The zero-order valence-electron chi connectivity index (χ0n) is 18.0. The number of halogens is 3. The first-order chi connectivity index (χ1) is 17.1. The lowest BCUT2D eigenvalue weighted by Gasteiger charge is -2.17. The normalized spacial score (nSPS) is 12.3. The van der Waals surface area contributed by atoms with E-state index in [2.05, 4.69) is 42.8 Å². The molecule has 1 heterocycles. The van der Waals surface area contributed by atoms with Crippen molar-refractivity contribution in [3.63, 3.8) is 0 Å². The van der Waals surface area contributed by atoms with Crippen LogP contribution in [0.3, 0.4) is 0 Å². The highest BCUT2D eigenvalue weighted by Gasteiger charge is 2.24. The van der Waals surface area contributed by atoms with Crippen LogP contribution in [0.2, 0.25) is 5.02 Å². The molecular weight excluding hydrogens is 644 g/mol. The second kappa shape index (κ2) is 10.6. The van der Waals surface area contributed by atoms with Gasteiger partial charge in [0.2, 0.25) is 15.6 Å². The molecule has 3 aromatic carbocycles. The third-order valence-electron chi connectivity index (χ3n) is 5.40. The number of carboxylic acids is 1. The Morgan fingerprint density at radius 2 is 1.69 bits per heavy atom. The minimum atomic E-state index is -3.86. The van der Waals surface area contributed by atoms with Crippen LogP contribution in [0.5, 0.6) is 17.2 Å². The Labute approximate surface area is 227 Å². The minimum Gasteiger partial charge on any atom is -0.502 e. The fourth-order valence-electron chi connectivity index (χ4n) is 3.66. The molecule has 1 aromatic heterocycles. The maximum atomic E-state index is 13.2. The molecule has 0 aliphatic heterocycles. The van der Waals surface area contributed by atoms with E-state index in [0.29, 0.717) is 27.2 Å². The van der Waals surface area contributed by atoms with E-state index >= 15 is 0 Å². The summed E-state index contributed by atoms with van der Waals surface area (Å²) in [7, 11) is -3.86. The van der Waals surface area contributed by atoms with Crippen molar-refractivity contribution in [1.29, 1.82) is 0 Å². The van der Waals surface area contributed by atoms with Crippen LogP contribution in [-0.2, 0) is 21.1 Å². The summed E-state index contributed by atoms with van der Waals surface area (Å²) in [5.41, 5.74) is 1.46. The lowest BCUT2D eigenvalue weighted by molar-refractivity contribution is -0.137. The fraction of sp³-hybridized carbons (Fsp3) is 0.0870. The Bertz CT molecular complexity index is 1520. The molecule has 0 fully saturated rings. The lowest BCUT2D eigenvalue weighted by atomic mass is 10.0. The van der Waals surface area contributed by atoms with Gasteiger partial charge in [0, 0.05) is 34.2 Å². The van der Waals surface area contributed by atoms with Gasteiger partial charge in [-0.15, -0.1) is 0 Å². The number of carboxylic acid groups (broad SMARTS) is 1. The number of rotatable bonds is 9. The number of sulfone groups is 1. The smallest absolute Gasteiger partial charge is 0.326 e. The van der Waals surface area contributed by atoms with Crippen LogP contribution >= 0.6 is 44.1 Å². The highest BCUT2D eigenvalue weighted by molar-refractivity contribution is 9.06. The number of aromatic hydroxyl groups is 1. The average molecular weight is 661 g/mol. The average Bonchev–Trinajstić information content (AvgIpc) is 3.29. The quantitative estimate of drug-likeness (QED) is 0.176. The Kier molecular flexibility index (Phi) is 7.69. The van der Waals surface area contributed by atoms with E-state index < -0.39 is 21.8 Å². The molecule has 0 unspecified atom stereocenters. The lowest BCUT2D eigenvalue weighted by Crippen LogP contribution is -2.31. The number of hydrogen-bond acceptors (Lipinski definition) is 7. The highest BCUT2D eigenvalue weighted by atomic mass is 79.9. The SMILES string of the molecule is O=C(O)[C@@H](Cc1cc(OBr)c(O)c(OBr)c1)Nc1ccc2[nH]cc(S(=O)(=O)c3ccc(Cl)cc3)c2c1. The minimum absolute atomic E-state index is 0.0105. The van der Waals surface area contributed by atoms with Crippen molar-refractivity contribution in [2.24, 2.45) is 0 Å². The maximum Gasteiger partial charge on any atom is 0.326 e. The monoisotopic (exact) mass is 658 g/mol. The van der Waals surface area contributed by atoms with E-state index in [4.69, 9.17) is 19.3 Å². The molecule has 1 atom stereocenters. The Morgan fingerprint density at radius 3 is 2.28 bits per heavy atom. The molecule has 0 saturated heterocycles. The van der Waals surface area contributed by atoms with Crippen LogP contribution in [0.15, 0.2) is 70.6 Å². The molecular formula is C23H17Br2ClN2O7S. The molecule has 4 N–H and O–H groups in total. The molecule has 0 aliphatic carbocycles. The van der Waals surface area contributed by atoms with Gasteiger partial charge in [0.25, 0.3) is 0 Å². The summed E-state index contributed by atoms with van der Waals surface area (Å²) in [5, 5.41) is 23.6. The van der Waals surface area contributed by atoms with Gasteiger partial charge in [-0.25, -0.2) is 13.2 Å². The van der Waals surface area contributed by atoms with Gasteiger partial charge in [0.05, 0.1) is 9.79 Å². The first kappa shape index (κ1) is 26.1. The molecule has 0 radical (unpaired) electrons. The van der Waals surface area contributed by atoms with Crippen LogP contribution in [0.25, 0.3) is 10.9 Å². The number of phenolic OH excluding ortho intramolecular Hbond substituents is 1. The molecule has 4 aromatic rings. The van der Waals surface area contributed by atoms with Gasteiger partial charge in [0.15, 0.2) is 44.0 Å². The number of benzene rings is 3. The number of anilines is 1. The van der Waals surface area contributed by atoms with Gasteiger partial charge in [0.1, 0.15) is 6.04 Å². The third kappa shape index (κ3) is 5.26. The van der Waals surface area contributed by atoms with Gasteiger partial charge < -0.3 is 28.2 Å². The fourth-order valence-corrected chi connectivity index (χ4v) is 5.70.